The lowest BCUT2D eigenvalue weighted by Crippen LogP contribution is -2.25. The molecular weight excluding hydrogens is 304 g/mol. The first kappa shape index (κ1) is 18.6. The molecule has 0 unspecified atom stereocenters. The van der Waals surface area contributed by atoms with Crippen LogP contribution in [-0.4, -0.2) is 41.7 Å². The molecule has 0 heterocycles. The molecule has 0 aliphatic rings. The molecule has 1 amide bonds. The summed E-state index contributed by atoms with van der Waals surface area (Å²) in [6, 6.07) is 3.09. The fourth-order valence-electron chi connectivity index (χ4n) is 1.80. The average molecular weight is 324 g/mol. The third kappa shape index (κ3) is 6.43. The van der Waals surface area contributed by atoms with E-state index in [1.165, 1.54) is 0 Å². The summed E-state index contributed by atoms with van der Waals surface area (Å²) in [5.41, 5.74) is -0.784. The monoisotopic (exact) mass is 324 g/mol. The largest absolute Gasteiger partial charge is 0.478 e. The number of ether oxygens (including phenoxy) is 1. The van der Waals surface area contributed by atoms with E-state index in [0.717, 1.165) is 31.0 Å². The molecule has 0 bridgehead atoms. The number of non-ortho nitro benzene ring substituents is 1. The van der Waals surface area contributed by atoms with Crippen molar-refractivity contribution in [1.82, 2.24) is 5.32 Å². The minimum absolute atomic E-state index is 0.0523. The fraction of sp³-hybridized carbons (Fsp3) is 0.467. The van der Waals surface area contributed by atoms with E-state index in [1.54, 1.807) is 0 Å². The van der Waals surface area contributed by atoms with Crippen LogP contribution in [0.1, 0.15) is 46.9 Å². The van der Waals surface area contributed by atoms with E-state index in [9.17, 15) is 19.7 Å². The van der Waals surface area contributed by atoms with Crippen molar-refractivity contribution >= 4 is 17.6 Å². The molecule has 0 saturated heterocycles. The summed E-state index contributed by atoms with van der Waals surface area (Å²) in [6.45, 7) is 3.59. The summed E-state index contributed by atoms with van der Waals surface area (Å²) < 4.78 is 5.34. The molecule has 0 aromatic heterocycles. The van der Waals surface area contributed by atoms with Crippen LogP contribution in [0.15, 0.2) is 18.2 Å². The quantitative estimate of drug-likeness (QED) is 0.387. The van der Waals surface area contributed by atoms with Gasteiger partial charge in [-0.15, -0.1) is 0 Å². The number of hydrogen-bond acceptors (Lipinski definition) is 5. The Hall–Kier alpha value is -2.48. The molecule has 126 valence electrons. The lowest BCUT2D eigenvalue weighted by molar-refractivity contribution is -0.384. The molecule has 1 aromatic carbocycles. The summed E-state index contributed by atoms with van der Waals surface area (Å²) in [7, 11) is 0. The van der Waals surface area contributed by atoms with Crippen molar-refractivity contribution < 1.29 is 24.4 Å². The number of nitrogens with zero attached hydrogens (tertiary/aromatic N) is 1. The smallest absolute Gasteiger partial charge is 0.335 e. The van der Waals surface area contributed by atoms with Crippen LogP contribution >= 0.6 is 0 Å². The summed E-state index contributed by atoms with van der Waals surface area (Å²) >= 11 is 0. The molecule has 1 aromatic rings. The van der Waals surface area contributed by atoms with E-state index in [2.05, 4.69) is 12.2 Å². The molecule has 0 radical (unpaired) electrons. The van der Waals surface area contributed by atoms with Crippen LogP contribution in [0.5, 0.6) is 0 Å². The molecule has 0 spiro atoms. The number of carbonyl (C=O) groups is 2. The lowest BCUT2D eigenvalue weighted by Gasteiger charge is -2.07. The van der Waals surface area contributed by atoms with Gasteiger partial charge in [0.1, 0.15) is 0 Å². The number of hydrogen-bond donors (Lipinski definition) is 2. The van der Waals surface area contributed by atoms with Crippen LogP contribution in [0.4, 0.5) is 5.69 Å². The number of nitro benzene ring substituents is 1. The summed E-state index contributed by atoms with van der Waals surface area (Å²) in [4.78, 5) is 33.0. The fourth-order valence-corrected chi connectivity index (χ4v) is 1.80. The number of carboxylic acid groups (broad SMARTS) is 1. The molecular formula is C15H20N2O6. The number of aromatic carboxylic acids is 1. The van der Waals surface area contributed by atoms with Gasteiger partial charge in [-0.2, -0.15) is 0 Å². The van der Waals surface area contributed by atoms with E-state index in [1.807, 2.05) is 0 Å². The first-order valence-electron chi connectivity index (χ1n) is 7.34. The Kier molecular flexibility index (Phi) is 7.69. The molecule has 1 rings (SSSR count). The number of nitrogens with one attached hydrogen (secondary N) is 1. The standard InChI is InChI=1S/C15H20N2O6/c1-2-3-6-23-7-4-5-16-14(18)11-8-12(15(19)20)10-13(9-11)17(21)22/h8-10H,2-7H2,1H3,(H,16,18)(H,19,20). The highest BCUT2D eigenvalue weighted by molar-refractivity contribution is 5.98. The van der Waals surface area contributed by atoms with Gasteiger partial charge in [-0.3, -0.25) is 14.9 Å². The van der Waals surface area contributed by atoms with Crippen LogP contribution in [-0.2, 0) is 4.74 Å². The second kappa shape index (κ2) is 9.52. The van der Waals surface area contributed by atoms with Crippen molar-refractivity contribution in [2.45, 2.75) is 26.2 Å². The van der Waals surface area contributed by atoms with Crippen LogP contribution < -0.4 is 5.32 Å². The van der Waals surface area contributed by atoms with Gasteiger partial charge in [0.2, 0.25) is 0 Å². The molecule has 0 fully saturated rings. The summed E-state index contributed by atoms with van der Waals surface area (Å²) in [5, 5.41) is 22.3. The van der Waals surface area contributed by atoms with E-state index < -0.39 is 22.5 Å². The zero-order chi connectivity index (χ0) is 17.2. The van der Waals surface area contributed by atoms with E-state index in [-0.39, 0.29) is 11.1 Å². The summed E-state index contributed by atoms with van der Waals surface area (Å²) in [5.74, 6) is -1.88. The molecule has 0 saturated carbocycles. The molecule has 0 aliphatic heterocycles. The highest BCUT2D eigenvalue weighted by Crippen LogP contribution is 2.17. The molecule has 0 aliphatic carbocycles. The number of unbranched alkanes of at least 4 members (excludes halogenated alkanes) is 1. The van der Waals surface area contributed by atoms with Gasteiger partial charge in [-0.25, -0.2) is 4.79 Å². The zero-order valence-corrected chi connectivity index (χ0v) is 12.9. The Morgan fingerprint density at radius 3 is 2.48 bits per heavy atom. The minimum Gasteiger partial charge on any atom is -0.478 e. The lowest BCUT2D eigenvalue weighted by atomic mass is 10.1. The van der Waals surface area contributed by atoms with E-state index in [4.69, 9.17) is 9.84 Å². The number of rotatable bonds is 10. The Morgan fingerprint density at radius 1 is 1.22 bits per heavy atom. The topological polar surface area (TPSA) is 119 Å². The van der Waals surface area contributed by atoms with Crippen molar-refractivity contribution in [3.63, 3.8) is 0 Å². The van der Waals surface area contributed by atoms with Gasteiger partial charge >= 0.3 is 5.97 Å². The highest BCUT2D eigenvalue weighted by atomic mass is 16.6. The minimum atomic E-state index is -1.33. The molecule has 8 heteroatoms. The van der Waals surface area contributed by atoms with Gasteiger partial charge < -0.3 is 15.2 Å². The molecule has 23 heavy (non-hydrogen) atoms. The maximum Gasteiger partial charge on any atom is 0.335 e. The Morgan fingerprint density at radius 2 is 1.87 bits per heavy atom. The molecule has 8 nitrogen and oxygen atoms in total. The van der Waals surface area contributed by atoms with Crippen molar-refractivity contribution in [3.8, 4) is 0 Å². The van der Waals surface area contributed by atoms with Crippen molar-refractivity contribution in [3.05, 3.63) is 39.4 Å². The summed E-state index contributed by atoms with van der Waals surface area (Å²) in [6.07, 6.45) is 2.64. The number of amides is 1. The molecule has 0 atom stereocenters. The number of benzene rings is 1. The van der Waals surface area contributed by atoms with Gasteiger partial charge in [0.05, 0.1) is 10.5 Å². The highest BCUT2D eigenvalue weighted by Gasteiger charge is 2.17. The third-order valence-electron chi connectivity index (χ3n) is 3.03. The van der Waals surface area contributed by atoms with Crippen LogP contribution in [0.2, 0.25) is 0 Å². The van der Waals surface area contributed by atoms with E-state index in [0.29, 0.717) is 26.2 Å². The molecule has 2 N–H and O–H groups in total. The van der Waals surface area contributed by atoms with Gasteiger partial charge in [-0.05, 0) is 18.9 Å². The van der Waals surface area contributed by atoms with E-state index >= 15 is 0 Å². The number of carboxylic acids is 1. The second-order valence-electron chi connectivity index (χ2n) is 4.91. The maximum atomic E-state index is 12.0. The Labute approximate surface area is 133 Å². The normalized spacial score (nSPS) is 10.3. The number of nitro groups is 1. The first-order chi connectivity index (χ1) is 11.0. The number of carbonyl (C=O) groups excluding carboxylic acids is 1. The van der Waals surface area contributed by atoms with Crippen molar-refractivity contribution in [2.75, 3.05) is 19.8 Å². The van der Waals surface area contributed by atoms with Gasteiger partial charge in [0, 0.05) is 37.5 Å². The van der Waals surface area contributed by atoms with Gasteiger partial charge in [-0.1, -0.05) is 13.3 Å². The second-order valence-corrected chi connectivity index (χ2v) is 4.91. The van der Waals surface area contributed by atoms with Crippen LogP contribution in [0, 0.1) is 10.1 Å². The Bertz CT molecular complexity index is 541. The van der Waals surface area contributed by atoms with Crippen molar-refractivity contribution in [2.24, 2.45) is 0 Å². The Balaban J connectivity index is 2.58. The zero-order valence-electron chi connectivity index (χ0n) is 12.9. The SMILES string of the molecule is CCCCOCCCNC(=O)c1cc(C(=O)O)cc([N+](=O)[O-])c1. The predicted octanol–water partition coefficient (Wildman–Crippen LogP) is 2.23. The van der Waals surface area contributed by atoms with Crippen LogP contribution in [0.25, 0.3) is 0 Å². The van der Waals surface area contributed by atoms with Crippen LogP contribution in [0.3, 0.4) is 0 Å². The van der Waals surface area contributed by atoms with Gasteiger partial charge in [0.25, 0.3) is 11.6 Å². The first-order valence-corrected chi connectivity index (χ1v) is 7.34. The average Bonchev–Trinajstić information content (AvgIpc) is 2.53. The van der Waals surface area contributed by atoms with Crippen molar-refractivity contribution in [1.29, 1.82) is 0 Å². The predicted molar refractivity (Wildman–Crippen MR) is 82.7 cm³/mol. The van der Waals surface area contributed by atoms with Gasteiger partial charge in [0.15, 0.2) is 0 Å². The maximum absolute atomic E-state index is 12.0. The third-order valence-corrected chi connectivity index (χ3v) is 3.03.